The SMILES string of the molecule is COc1ccc(N)c(NC(=O)CCOc2cccc(C)c2C)c1. The van der Waals surface area contributed by atoms with Gasteiger partial charge in [-0.2, -0.15) is 0 Å². The summed E-state index contributed by atoms with van der Waals surface area (Å²) in [5, 5.41) is 2.77. The molecular formula is C18H22N2O3. The van der Waals surface area contributed by atoms with E-state index in [4.69, 9.17) is 15.2 Å². The van der Waals surface area contributed by atoms with E-state index in [-0.39, 0.29) is 12.3 Å². The second-order valence-electron chi connectivity index (χ2n) is 5.30. The van der Waals surface area contributed by atoms with Crippen LogP contribution in [0.4, 0.5) is 11.4 Å². The number of anilines is 2. The number of hydrogen-bond acceptors (Lipinski definition) is 4. The van der Waals surface area contributed by atoms with Crippen LogP contribution in [0.5, 0.6) is 11.5 Å². The first-order chi connectivity index (χ1) is 11.0. The second-order valence-corrected chi connectivity index (χ2v) is 5.30. The molecule has 0 bridgehead atoms. The Kier molecular flexibility index (Phi) is 5.46. The normalized spacial score (nSPS) is 10.2. The first-order valence-corrected chi connectivity index (χ1v) is 7.43. The molecule has 0 saturated carbocycles. The van der Waals surface area contributed by atoms with Crippen LogP contribution in [0, 0.1) is 13.8 Å². The molecule has 23 heavy (non-hydrogen) atoms. The van der Waals surface area contributed by atoms with E-state index >= 15 is 0 Å². The maximum Gasteiger partial charge on any atom is 0.227 e. The number of ether oxygens (including phenoxy) is 2. The number of nitrogens with one attached hydrogen (secondary N) is 1. The van der Waals surface area contributed by atoms with Gasteiger partial charge in [-0.1, -0.05) is 12.1 Å². The van der Waals surface area contributed by atoms with Crippen LogP contribution in [0.15, 0.2) is 36.4 Å². The van der Waals surface area contributed by atoms with Crippen molar-refractivity contribution in [1.82, 2.24) is 0 Å². The van der Waals surface area contributed by atoms with E-state index in [0.717, 1.165) is 16.9 Å². The topological polar surface area (TPSA) is 73.6 Å². The van der Waals surface area contributed by atoms with Crippen LogP contribution in [0.25, 0.3) is 0 Å². The van der Waals surface area contributed by atoms with Gasteiger partial charge < -0.3 is 20.5 Å². The van der Waals surface area contributed by atoms with Crippen molar-refractivity contribution in [3.8, 4) is 11.5 Å². The molecule has 0 atom stereocenters. The molecule has 122 valence electrons. The van der Waals surface area contributed by atoms with E-state index in [1.54, 1.807) is 25.3 Å². The molecule has 3 N–H and O–H groups in total. The van der Waals surface area contributed by atoms with Gasteiger partial charge in [-0.25, -0.2) is 0 Å². The average Bonchev–Trinajstić information content (AvgIpc) is 2.53. The lowest BCUT2D eigenvalue weighted by molar-refractivity contribution is -0.116. The Morgan fingerprint density at radius 1 is 1.22 bits per heavy atom. The van der Waals surface area contributed by atoms with E-state index in [9.17, 15) is 4.79 Å². The molecule has 5 nitrogen and oxygen atoms in total. The summed E-state index contributed by atoms with van der Waals surface area (Å²) in [7, 11) is 1.56. The molecular weight excluding hydrogens is 292 g/mol. The standard InChI is InChI=1S/C18H22N2O3/c1-12-5-4-6-17(13(12)2)23-10-9-18(21)20-16-11-14(22-3)7-8-15(16)19/h4-8,11H,9-10,19H2,1-3H3,(H,20,21). The molecule has 2 aromatic carbocycles. The number of amides is 1. The lowest BCUT2D eigenvalue weighted by atomic mass is 10.1. The Labute approximate surface area is 136 Å². The van der Waals surface area contributed by atoms with Gasteiger partial charge in [-0.3, -0.25) is 4.79 Å². The number of rotatable bonds is 6. The predicted molar refractivity (Wildman–Crippen MR) is 92.1 cm³/mol. The Bertz CT molecular complexity index is 699. The Balaban J connectivity index is 1.89. The summed E-state index contributed by atoms with van der Waals surface area (Å²) < 4.78 is 10.8. The van der Waals surface area contributed by atoms with E-state index in [2.05, 4.69) is 5.32 Å². The zero-order valence-electron chi connectivity index (χ0n) is 13.7. The number of aryl methyl sites for hydroxylation is 1. The first-order valence-electron chi connectivity index (χ1n) is 7.43. The smallest absolute Gasteiger partial charge is 0.227 e. The minimum absolute atomic E-state index is 0.157. The molecule has 0 heterocycles. The van der Waals surface area contributed by atoms with Gasteiger partial charge in [0.25, 0.3) is 0 Å². The number of benzene rings is 2. The van der Waals surface area contributed by atoms with Crippen molar-refractivity contribution in [2.45, 2.75) is 20.3 Å². The molecule has 0 aromatic heterocycles. The minimum atomic E-state index is -0.157. The van der Waals surface area contributed by atoms with Crippen LogP contribution in [0.2, 0.25) is 0 Å². The molecule has 1 amide bonds. The fourth-order valence-electron chi connectivity index (χ4n) is 2.12. The van der Waals surface area contributed by atoms with Gasteiger partial charge in [0, 0.05) is 6.07 Å². The number of carbonyl (C=O) groups excluding carboxylic acids is 1. The van der Waals surface area contributed by atoms with Crippen molar-refractivity contribution in [1.29, 1.82) is 0 Å². The summed E-state index contributed by atoms with van der Waals surface area (Å²) in [6, 6.07) is 11.0. The fourth-order valence-corrected chi connectivity index (χ4v) is 2.12. The van der Waals surface area contributed by atoms with Crippen molar-refractivity contribution < 1.29 is 14.3 Å². The molecule has 5 heteroatoms. The van der Waals surface area contributed by atoms with Crippen LogP contribution in [-0.4, -0.2) is 19.6 Å². The zero-order chi connectivity index (χ0) is 16.8. The molecule has 0 unspecified atom stereocenters. The van der Waals surface area contributed by atoms with Crippen LogP contribution in [-0.2, 0) is 4.79 Å². The third-order valence-electron chi connectivity index (χ3n) is 3.68. The summed E-state index contributed by atoms with van der Waals surface area (Å²) in [6.07, 6.45) is 0.240. The molecule has 0 spiro atoms. The van der Waals surface area contributed by atoms with Crippen LogP contribution < -0.4 is 20.5 Å². The van der Waals surface area contributed by atoms with E-state index in [1.807, 2.05) is 32.0 Å². The van der Waals surface area contributed by atoms with Crippen LogP contribution >= 0.6 is 0 Å². The molecule has 0 aliphatic rings. The second kappa shape index (κ2) is 7.54. The lowest BCUT2D eigenvalue weighted by Gasteiger charge is -2.12. The fraction of sp³-hybridized carbons (Fsp3) is 0.278. The van der Waals surface area contributed by atoms with Crippen molar-refractivity contribution in [3.05, 3.63) is 47.5 Å². The highest BCUT2D eigenvalue weighted by Crippen LogP contribution is 2.24. The average molecular weight is 314 g/mol. The molecule has 0 aliphatic heterocycles. The maximum absolute atomic E-state index is 12.0. The number of carbonyl (C=O) groups is 1. The molecule has 0 fully saturated rings. The summed E-state index contributed by atoms with van der Waals surface area (Å²) >= 11 is 0. The molecule has 0 saturated heterocycles. The maximum atomic E-state index is 12.0. The lowest BCUT2D eigenvalue weighted by Crippen LogP contribution is -2.16. The third kappa shape index (κ3) is 4.39. The summed E-state index contributed by atoms with van der Waals surface area (Å²) in [5.41, 5.74) is 9.14. The molecule has 2 rings (SSSR count). The monoisotopic (exact) mass is 314 g/mol. The van der Waals surface area contributed by atoms with Crippen LogP contribution in [0.1, 0.15) is 17.5 Å². The number of nitrogen functional groups attached to an aromatic ring is 1. The number of methoxy groups -OCH3 is 1. The molecule has 2 aromatic rings. The quantitative estimate of drug-likeness (QED) is 0.802. The number of nitrogens with two attached hydrogens (primary N) is 1. The van der Waals surface area contributed by atoms with Crippen molar-refractivity contribution in [3.63, 3.8) is 0 Å². The number of hydrogen-bond donors (Lipinski definition) is 2. The van der Waals surface area contributed by atoms with Gasteiger partial charge in [0.15, 0.2) is 0 Å². The Hall–Kier alpha value is -2.69. The highest BCUT2D eigenvalue weighted by Gasteiger charge is 2.08. The first kappa shape index (κ1) is 16.7. The van der Waals surface area contributed by atoms with Gasteiger partial charge in [0.05, 0.1) is 31.5 Å². The largest absolute Gasteiger partial charge is 0.497 e. The van der Waals surface area contributed by atoms with E-state index in [1.165, 1.54) is 0 Å². The van der Waals surface area contributed by atoms with Crippen LogP contribution in [0.3, 0.4) is 0 Å². The predicted octanol–water partition coefficient (Wildman–Crippen LogP) is 3.30. The van der Waals surface area contributed by atoms with Gasteiger partial charge in [-0.05, 0) is 43.2 Å². The van der Waals surface area contributed by atoms with Gasteiger partial charge >= 0.3 is 0 Å². The minimum Gasteiger partial charge on any atom is -0.497 e. The van der Waals surface area contributed by atoms with E-state index < -0.39 is 0 Å². The molecule has 0 radical (unpaired) electrons. The Morgan fingerprint density at radius 3 is 2.74 bits per heavy atom. The highest BCUT2D eigenvalue weighted by atomic mass is 16.5. The Morgan fingerprint density at radius 2 is 2.00 bits per heavy atom. The summed E-state index contributed by atoms with van der Waals surface area (Å²) in [4.78, 5) is 12.0. The van der Waals surface area contributed by atoms with Crippen molar-refractivity contribution in [2.24, 2.45) is 0 Å². The summed E-state index contributed by atoms with van der Waals surface area (Å²) in [5.74, 6) is 1.29. The highest BCUT2D eigenvalue weighted by molar-refractivity contribution is 5.94. The van der Waals surface area contributed by atoms with Gasteiger partial charge in [0.2, 0.25) is 5.91 Å². The van der Waals surface area contributed by atoms with Gasteiger partial charge in [0.1, 0.15) is 11.5 Å². The van der Waals surface area contributed by atoms with Crippen molar-refractivity contribution in [2.75, 3.05) is 24.8 Å². The summed E-state index contributed by atoms with van der Waals surface area (Å²) in [6.45, 7) is 4.34. The van der Waals surface area contributed by atoms with Gasteiger partial charge in [-0.15, -0.1) is 0 Å². The van der Waals surface area contributed by atoms with Crippen molar-refractivity contribution >= 4 is 17.3 Å². The third-order valence-corrected chi connectivity index (χ3v) is 3.68. The molecule has 0 aliphatic carbocycles. The zero-order valence-corrected chi connectivity index (χ0v) is 13.7. The van der Waals surface area contributed by atoms with E-state index in [0.29, 0.717) is 23.7 Å².